The highest BCUT2D eigenvalue weighted by molar-refractivity contribution is 7.92. The number of hydrogen-bond donors (Lipinski definition) is 1. The first-order valence-corrected chi connectivity index (χ1v) is 14.1. The Balaban J connectivity index is 1.74. The molecule has 2 aliphatic heterocycles. The molecular formula is C26H26F7N3O5S. The summed E-state index contributed by atoms with van der Waals surface area (Å²) in [7, 11) is -4.53. The minimum absolute atomic E-state index is 0.136. The zero-order chi connectivity index (χ0) is 31.3. The van der Waals surface area contributed by atoms with E-state index in [1.807, 2.05) is 0 Å². The maximum absolute atomic E-state index is 14.0. The smallest absolute Gasteiger partial charge is 0.369 e. The van der Waals surface area contributed by atoms with Crippen molar-refractivity contribution in [1.29, 1.82) is 0 Å². The summed E-state index contributed by atoms with van der Waals surface area (Å²) in [5.41, 5.74) is -7.02. The van der Waals surface area contributed by atoms with E-state index in [-0.39, 0.29) is 55.5 Å². The van der Waals surface area contributed by atoms with E-state index in [4.69, 9.17) is 0 Å². The molecule has 0 spiro atoms. The second kappa shape index (κ2) is 10.7. The van der Waals surface area contributed by atoms with Gasteiger partial charge in [0.1, 0.15) is 10.6 Å². The largest absolute Gasteiger partial charge is 0.430 e. The Labute approximate surface area is 236 Å². The predicted molar refractivity (Wildman–Crippen MR) is 133 cm³/mol. The first kappa shape index (κ1) is 31.5. The number of rotatable bonds is 4. The van der Waals surface area contributed by atoms with Crippen LogP contribution in [-0.2, 0) is 25.0 Å². The van der Waals surface area contributed by atoms with Crippen LogP contribution in [0.15, 0.2) is 53.4 Å². The minimum Gasteiger partial charge on any atom is -0.369 e. The quantitative estimate of drug-likeness (QED) is 0.412. The monoisotopic (exact) mass is 625 g/mol. The van der Waals surface area contributed by atoms with Crippen LogP contribution in [0.3, 0.4) is 0 Å². The average molecular weight is 626 g/mol. The highest BCUT2D eigenvalue weighted by Gasteiger charge is 2.71. The highest BCUT2D eigenvalue weighted by atomic mass is 32.2. The highest BCUT2D eigenvalue weighted by Crippen LogP contribution is 2.51. The van der Waals surface area contributed by atoms with Gasteiger partial charge in [-0.3, -0.25) is 4.79 Å². The molecule has 0 radical (unpaired) electrons. The number of carbonyl (C=O) groups excluding carboxylic acids is 2. The van der Waals surface area contributed by atoms with Gasteiger partial charge in [0.25, 0.3) is 5.60 Å². The molecule has 8 nitrogen and oxygen atoms in total. The van der Waals surface area contributed by atoms with Crippen LogP contribution in [0.2, 0.25) is 0 Å². The van der Waals surface area contributed by atoms with Gasteiger partial charge in [0.2, 0.25) is 5.91 Å². The Hall–Kier alpha value is -3.40. The topological polar surface area (TPSA) is 98.2 Å². The fourth-order valence-electron chi connectivity index (χ4n) is 5.31. The Morgan fingerprint density at radius 3 is 1.76 bits per heavy atom. The van der Waals surface area contributed by atoms with Crippen molar-refractivity contribution >= 4 is 21.8 Å². The number of urea groups is 1. The van der Waals surface area contributed by atoms with Crippen LogP contribution in [0.4, 0.5) is 35.5 Å². The standard InChI is InChI=1S/C26H26F7N3O5S/c1-17(37)34-12-14-35(15-13-34)22(38)36-11-10-23(16-36,42(40,41)21-8-6-20(27)7-9-21)18-2-4-19(5-3-18)24(39,25(28,29)30)26(31,32)33/h2-9,39H,10-16H2,1H3. The van der Waals surface area contributed by atoms with Gasteiger partial charge in [-0.05, 0) is 36.2 Å². The van der Waals surface area contributed by atoms with Crippen LogP contribution in [0.1, 0.15) is 24.5 Å². The van der Waals surface area contributed by atoms with E-state index in [0.717, 1.165) is 36.4 Å². The molecule has 2 aromatic carbocycles. The molecule has 2 aromatic rings. The summed E-state index contributed by atoms with van der Waals surface area (Å²) in [6, 6.07) is 5.33. The molecule has 3 amide bonds. The number of carbonyl (C=O) groups is 2. The molecule has 0 aliphatic carbocycles. The van der Waals surface area contributed by atoms with Gasteiger partial charge in [-0.2, -0.15) is 26.3 Å². The van der Waals surface area contributed by atoms with Gasteiger partial charge < -0.3 is 19.8 Å². The van der Waals surface area contributed by atoms with Crippen LogP contribution in [0, 0.1) is 5.82 Å². The van der Waals surface area contributed by atoms with Crippen LogP contribution >= 0.6 is 0 Å². The third-order valence-corrected chi connectivity index (χ3v) is 10.3. The molecule has 16 heteroatoms. The number of piperazine rings is 1. The number of benzene rings is 2. The Bertz CT molecular complexity index is 1420. The van der Waals surface area contributed by atoms with Gasteiger partial charge >= 0.3 is 18.4 Å². The number of amides is 3. The molecule has 1 unspecified atom stereocenters. The van der Waals surface area contributed by atoms with E-state index in [9.17, 15) is 53.8 Å². The molecule has 0 bridgehead atoms. The van der Waals surface area contributed by atoms with Gasteiger partial charge in [0, 0.05) is 51.8 Å². The van der Waals surface area contributed by atoms with Crippen molar-refractivity contribution < 1.29 is 53.8 Å². The van der Waals surface area contributed by atoms with Crippen LogP contribution in [0.25, 0.3) is 0 Å². The van der Waals surface area contributed by atoms with E-state index in [0.29, 0.717) is 12.1 Å². The number of aliphatic hydroxyl groups is 1. The SMILES string of the molecule is CC(=O)N1CCN(C(=O)N2CCC(c3ccc(C(O)(C(F)(F)F)C(F)(F)F)cc3)(S(=O)(=O)c3ccc(F)cc3)C2)CC1. The van der Waals surface area contributed by atoms with Crippen molar-refractivity contribution in [3.05, 3.63) is 65.5 Å². The summed E-state index contributed by atoms with van der Waals surface area (Å²) in [5.74, 6) is -0.932. The molecule has 0 saturated carbocycles. The van der Waals surface area contributed by atoms with Gasteiger partial charge in [0.05, 0.1) is 4.90 Å². The van der Waals surface area contributed by atoms with E-state index in [1.54, 1.807) is 0 Å². The van der Waals surface area contributed by atoms with Crippen molar-refractivity contribution in [3.8, 4) is 0 Å². The van der Waals surface area contributed by atoms with E-state index >= 15 is 0 Å². The minimum atomic E-state index is -6.15. The van der Waals surface area contributed by atoms with Crippen molar-refractivity contribution in [3.63, 3.8) is 0 Å². The molecule has 42 heavy (non-hydrogen) atoms. The first-order chi connectivity index (χ1) is 19.3. The molecule has 1 atom stereocenters. The van der Waals surface area contributed by atoms with Crippen molar-refractivity contribution in [1.82, 2.24) is 14.7 Å². The van der Waals surface area contributed by atoms with Crippen LogP contribution in [0.5, 0.6) is 0 Å². The lowest BCUT2D eigenvalue weighted by atomic mass is 9.89. The van der Waals surface area contributed by atoms with E-state index < -0.39 is 56.5 Å². The Morgan fingerprint density at radius 1 is 0.786 bits per heavy atom. The van der Waals surface area contributed by atoms with Gasteiger partial charge in [-0.1, -0.05) is 24.3 Å². The average Bonchev–Trinajstić information content (AvgIpc) is 3.39. The molecule has 2 heterocycles. The second-order valence-corrected chi connectivity index (χ2v) is 12.4. The van der Waals surface area contributed by atoms with E-state index in [2.05, 4.69) is 0 Å². The number of halogens is 7. The zero-order valence-corrected chi connectivity index (χ0v) is 22.9. The molecule has 0 aromatic heterocycles. The number of sulfone groups is 1. The lowest BCUT2D eigenvalue weighted by Gasteiger charge is -2.37. The molecule has 2 fully saturated rings. The lowest BCUT2D eigenvalue weighted by molar-refractivity contribution is -0.376. The lowest BCUT2D eigenvalue weighted by Crippen LogP contribution is -2.54. The molecule has 230 valence electrons. The Kier molecular flexibility index (Phi) is 8.04. The number of nitrogens with zero attached hydrogens (tertiary/aromatic N) is 3. The third kappa shape index (κ3) is 5.18. The molecule has 2 aliphatic rings. The number of likely N-dealkylation sites (tertiary alicyclic amines) is 1. The Morgan fingerprint density at radius 2 is 1.29 bits per heavy atom. The predicted octanol–water partition coefficient (Wildman–Crippen LogP) is 3.80. The van der Waals surface area contributed by atoms with Gasteiger partial charge in [0.15, 0.2) is 9.84 Å². The normalized spacial score (nSPS) is 20.6. The number of hydrogen-bond acceptors (Lipinski definition) is 5. The second-order valence-electron chi connectivity index (χ2n) is 10.2. The fraction of sp³-hybridized carbons (Fsp3) is 0.462. The maximum Gasteiger partial charge on any atom is 0.430 e. The van der Waals surface area contributed by atoms with Crippen LogP contribution in [-0.4, -0.2) is 91.8 Å². The molecular weight excluding hydrogens is 599 g/mol. The summed E-state index contributed by atoms with van der Waals surface area (Å²) in [6.07, 6.45) is -12.6. The summed E-state index contributed by atoms with van der Waals surface area (Å²) >= 11 is 0. The zero-order valence-electron chi connectivity index (χ0n) is 22.0. The molecule has 2 saturated heterocycles. The summed E-state index contributed by atoms with van der Waals surface area (Å²) in [4.78, 5) is 28.7. The first-order valence-electron chi connectivity index (χ1n) is 12.6. The van der Waals surface area contributed by atoms with Crippen molar-refractivity contribution in [2.45, 2.75) is 40.9 Å². The maximum atomic E-state index is 14.0. The third-order valence-electron chi connectivity index (χ3n) is 7.79. The molecule has 1 N–H and O–H groups in total. The van der Waals surface area contributed by atoms with Gasteiger partial charge in [-0.15, -0.1) is 0 Å². The summed E-state index contributed by atoms with van der Waals surface area (Å²) in [6.45, 7) is 1.54. The summed E-state index contributed by atoms with van der Waals surface area (Å²) in [5, 5.41) is 9.77. The van der Waals surface area contributed by atoms with Crippen LogP contribution < -0.4 is 0 Å². The van der Waals surface area contributed by atoms with E-state index in [1.165, 1.54) is 21.6 Å². The fourth-order valence-corrected chi connectivity index (χ4v) is 7.39. The van der Waals surface area contributed by atoms with Gasteiger partial charge in [-0.25, -0.2) is 17.6 Å². The van der Waals surface area contributed by atoms with Crippen molar-refractivity contribution in [2.24, 2.45) is 0 Å². The van der Waals surface area contributed by atoms with Crippen molar-refractivity contribution in [2.75, 3.05) is 39.3 Å². The summed E-state index contributed by atoms with van der Waals surface area (Å²) < 4.78 is 120. The molecule has 4 rings (SSSR count). The number of alkyl halides is 6.